The topological polar surface area (TPSA) is 49.3 Å². The smallest absolute Gasteiger partial charge is 0.256 e. The van der Waals surface area contributed by atoms with Gasteiger partial charge in [0.1, 0.15) is 0 Å². The summed E-state index contributed by atoms with van der Waals surface area (Å²) in [7, 11) is 0. The minimum absolute atomic E-state index is 0.258. The number of carbonyl (C=O) groups is 1. The van der Waals surface area contributed by atoms with Crippen LogP contribution in [0.1, 0.15) is 16.7 Å². The van der Waals surface area contributed by atoms with Gasteiger partial charge in [0, 0.05) is 20.1 Å². The van der Waals surface area contributed by atoms with Gasteiger partial charge in [-0.2, -0.15) is 0 Å². The van der Waals surface area contributed by atoms with Crippen molar-refractivity contribution in [2.75, 3.05) is 5.32 Å². The van der Waals surface area contributed by atoms with Gasteiger partial charge in [-0.1, -0.05) is 28.1 Å². The summed E-state index contributed by atoms with van der Waals surface area (Å²) in [6, 6.07) is 6.06. The molecular formula is C16H10Br2FNO2. The average molecular weight is 427 g/mol. The molecule has 0 bridgehead atoms. The maximum atomic E-state index is 13.5. The number of nitrogens with one attached hydrogen (secondary N) is 1. The van der Waals surface area contributed by atoms with E-state index in [2.05, 4.69) is 37.2 Å². The summed E-state index contributed by atoms with van der Waals surface area (Å²) in [5, 5.41) is 12.6. The molecule has 2 N–H and O–H groups in total. The zero-order valence-electron chi connectivity index (χ0n) is 11.4. The fourth-order valence-electron chi connectivity index (χ4n) is 2.41. The van der Waals surface area contributed by atoms with E-state index in [0.717, 1.165) is 20.1 Å². The number of phenolic OH excluding ortho intramolecular Hbond substituents is 1. The van der Waals surface area contributed by atoms with Crippen LogP contribution in [-0.2, 0) is 4.79 Å². The van der Waals surface area contributed by atoms with Gasteiger partial charge in [-0.3, -0.25) is 4.79 Å². The second-order valence-electron chi connectivity index (χ2n) is 4.91. The van der Waals surface area contributed by atoms with Crippen LogP contribution >= 0.6 is 31.9 Å². The van der Waals surface area contributed by atoms with Crippen molar-refractivity contribution in [2.24, 2.45) is 0 Å². The van der Waals surface area contributed by atoms with Crippen molar-refractivity contribution < 1.29 is 14.3 Å². The first-order chi connectivity index (χ1) is 10.4. The molecule has 22 heavy (non-hydrogen) atoms. The Kier molecular flexibility index (Phi) is 3.82. The molecule has 0 atom stereocenters. The lowest BCUT2D eigenvalue weighted by molar-refractivity contribution is -0.110. The van der Waals surface area contributed by atoms with Gasteiger partial charge in [-0.05, 0) is 46.6 Å². The first kappa shape index (κ1) is 15.2. The summed E-state index contributed by atoms with van der Waals surface area (Å²) in [5.74, 6) is -1.48. The normalized spacial score (nSPS) is 15.1. The quantitative estimate of drug-likeness (QED) is 0.640. The zero-order valence-corrected chi connectivity index (χ0v) is 14.5. The molecule has 2 aromatic carbocycles. The van der Waals surface area contributed by atoms with Gasteiger partial charge in [-0.25, -0.2) is 4.39 Å². The highest BCUT2D eigenvalue weighted by Crippen LogP contribution is 2.43. The zero-order chi connectivity index (χ0) is 16.0. The molecule has 0 saturated carbocycles. The van der Waals surface area contributed by atoms with Crippen molar-refractivity contribution in [2.45, 2.75) is 6.92 Å². The Hall–Kier alpha value is -1.66. The Bertz CT molecular complexity index is 847. The highest BCUT2D eigenvalue weighted by atomic mass is 79.9. The fourth-order valence-corrected chi connectivity index (χ4v) is 3.67. The number of fused-ring (bicyclic) bond motifs is 1. The minimum Gasteiger partial charge on any atom is -0.504 e. The number of amides is 1. The molecule has 0 unspecified atom stereocenters. The molecule has 2 aromatic rings. The predicted molar refractivity (Wildman–Crippen MR) is 91.1 cm³/mol. The van der Waals surface area contributed by atoms with Gasteiger partial charge in [0.25, 0.3) is 5.91 Å². The van der Waals surface area contributed by atoms with Gasteiger partial charge in [0.15, 0.2) is 11.6 Å². The standard InChI is InChI=1S/C16H10Br2FNO2/c1-7-10(17)6-11(18)14-13(7)9(16(22)20-14)5-8-3-2-4-12(19)15(8)21/h2-6,21H,1H3,(H,20,22). The fraction of sp³-hybridized carbons (Fsp3) is 0.0625. The molecule has 3 rings (SSSR count). The van der Waals surface area contributed by atoms with Crippen LogP contribution in [0.25, 0.3) is 11.6 Å². The number of aromatic hydroxyl groups is 1. The van der Waals surface area contributed by atoms with E-state index < -0.39 is 11.6 Å². The molecular weight excluding hydrogens is 417 g/mol. The maximum Gasteiger partial charge on any atom is 0.256 e. The Labute approximate surface area is 143 Å². The minimum atomic E-state index is -0.722. The van der Waals surface area contributed by atoms with Crippen LogP contribution in [-0.4, -0.2) is 11.0 Å². The average Bonchev–Trinajstić information content (AvgIpc) is 2.79. The number of para-hydroxylation sites is 1. The van der Waals surface area contributed by atoms with E-state index in [4.69, 9.17) is 0 Å². The van der Waals surface area contributed by atoms with Crippen molar-refractivity contribution >= 4 is 55.1 Å². The highest BCUT2D eigenvalue weighted by molar-refractivity contribution is 9.11. The van der Waals surface area contributed by atoms with Crippen LogP contribution < -0.4 is 5.32 Å². The molecule has 0 aromatic heterocycles. The largest absolute Gasteiger partial charge is 0.504 e. The van der Waals surface area contributed by atoms with E-state index in [1.807, 2.05) is 13.0 Å². The van der Waals surface area contributed by atoms with Crippen LogP contribution in [0.2, 0.25) is 0 Å². The second kappa shape index (κ2) is 5.52. The summed E-state index contributed by atoms with van der Waals surface area (Å²) in [5.41, 5.74) is 2.94. The lowest BCUT2D eigenvalue weighted by Crippen LogP contribution is -2.03. The molecule has 1 amide bonds. The first-order valence-corrected chi connectivity index (χ1v) is 7.98. The summed E-state index contributed by atoms with van der Waals surface area (Å²) < 4.78 is 15.1. The Morgan fingerprint density at radius 3 is 2.73 bits per heavy atom. The number of carbonyl (C=O) groups excluding carboxylic acids is 1. The highest BCUT2D eigenvalue weighted by Gasteiger charge is 2.29. The molecule has 6 heteroatoms. The third-order valence-electron chi connectivity index (χ3n) is 3.55. The maximum absolute atomic E-state index is 13.5. The van der Waals surface area contributed by atoms with E-state index >= 15 is 0 Å². The van der Waals surface area contributed by atoms with E-state index in [1.165, 1.54) is 18.2 Å². The number of anilines is 1. The Morgan fingerprint density at radius 2 is 2.00 bits per heavy atom. The van der Waals surface area contributed by atoms with Gasteiger partial charge in [0.05, 0.1) is 11.3 Å². The first-order valence-electron chi connectivity index (χ1n) is 6.39. The van der Waals surface area contributed by atoms with Gasteiger partial charge in [0.2, 0.25) is 0 Å². The number of phenols is 1. The lowest BCUT2D eigenvalue weighted by Gasteiger charge is -2.08. The lowest BCUT2D eigenvalue weighted by atomic mass is 9.99. The number of benzene rings is 2. The summed E-state index contributed by atoms with van der Waals surface area (Å²) in [6.07, 6.45) is 1.49. The molecule has 0 spiro atoms. The van der Waals surface area contributed by atoms with Crippen molar-refractivity contribution in [3.8, 4) is 5.75 Å². The molecule has 1 aliphatic heterocycles. The molecule has 3 nitrogen and oxygen atoms in total. The number of halogens is 3. The monoisotopic (exact) mass is 425 g/mol. The van der Waals surface area contributed by atoms with Gasteiger partial charge >= 0.3 is 0 Å². The number of hydrogen-bond acceptors (Lipinski definition) is 2. The number of rotatable bonds is 1. The number of hydrogen-bond donors (Lipinski definition) is 2. The summed E-state index contributed by atoms with van der Waals surface area (Å²) in [4.78, 5) is 12.3. The summed E-state index contributed by atoms with van der Waals surface area (Å²) >= 11 is 6.87. The Morgan fingerprint density at radius 1 is 1.27 bits per heavy atom. The van der Waals surface area contributed by atoms with Crippen LogP contribution in [0, 0.1) is 12.7 Å². The second-order valence-corrected chi connectivity index (χ2v) is 6.61. The molecule has 112 valence electrons. The molecule has 0 radical (unpaired) electrons. The van der Waals surface area contributed by atoms with Crippen LogP contribution in [0.15, 0.2) is 33.2 Å². The molecule has 0 aliphatic carbocycles. The SMILES string of the molecule is Cc1c(Br)cc(Br)c2c1C(=Cc1cccc(F)c1O)C(=O)N2. The predicted octanol–water partition coefficient (Wildman–Crippen LogP) is 4.86. The van der Waals surface area contributed by atoms with E-state index in [0.29, 0.717) is 11.3 Å². The van der Waals surface area contributed by atoms with Crippen molar-refractivity contribution in [1.82, 2.24) is 0 Å². The van der Waals surface area contributed by atoms with Crippen LogP contribution in [0.5, 0.6) is 5.75 Å². The molecule has 1 heterocycles. The third kappa shape index (κ3) is 2.36. The van der Waals surface area contributed by atoms with E-state index in [-0.39, 0.29) is 11.5 Å². The van der Waals surface area contributed by atoms with E-state index in [9.17, 15) is 14.3 Å². The Balaban J connectivity index is 2.25. The van der Waals surface area contributed by atoms with Gasteiger partial charge < -0.3 is 10.4 Å². The summed E-state index contributed by atoms with van der Waals surface area (Å²) in [6.45, 7) is 1.88. The van der Waals surface area contributed by atoms with Crippen LogP contribution in [0.3, 0.4) is 0 Å². The van der Waals surface area contributed by atoms with Gasteiger partial charge in [-0.15, -0.1) is 0 Å². The van der Waals surface area contributed by atoms with Crippen molar-refractivity contribution in [3.63, 3.8) is 0 Å². The van der Waals surface area contributed by atoms with Crippen molar-refractivity contribution in [1.29, 1.82) is 0 Å². The molecule has 0 saturated heterocycles. The third-order valence-corrected chi connectivity index (χ3v) is 4.99. The molecule has 1 aliphatic rings. The molecule has 0 fully saturated rings. The van der Waals surface area contributed by atoms with Crippen LogP contribution in [0.4, 0.5) is 10.1 Å². The van der Waals surface area contributed by atoms with Crippen molar-refractivity contribution in [3.05, 3.63) is 55.7 Å². The van der Waals surface area contributed by atoms with E-state index in [1.54, 1.807) is 6.07 Å².